The summed E-state index contributed by atoms with van der Waals surface area (Å²) in [6.45, 7) is 2.60. The van der Waals surface area contributed by atoms with E-state index in [0.717, 1.165) is 5.82 Å². The Hall–Kier alpha value is -2.37. The first-order chi connectivity index (χ1) is 9.56. The Morgan fingerprint density at radius 1 is 1.45 bits per heavy atom. The van der Waals surface area contributed by atoms with Crippen LogP contribution in [0.2, 0.25) is 0 Å². The Balaban J connectivity index is 1.99. The van der Waals surface area contributed by atoms with Gasteiger partial charge in [0.05, 0.1) is 6.54 Å². The van der Waals surface area contributed by atoms with Crippen molar-refractivity contribution in [3.63, 3.8) is 0 Å². The van der Waals surface area contributed by atoms with Crippen molar-refractivity contribution in [2.45, 2.75) is 19.5 Å². The van der Waals surface area contributed by atoms with Crippen molar-refractivity contribution in [2.75, 3.05) is 19.0 Å². The molecule has 2 aromatic rings. The van der Waals surface area contributed by atoms with Gasteiger partial charge in [-0.2, -0.15) is 5.10 Å². The van der Waals surface area contributed by atoms with Crippen LogP contribution in [-0.4, -0.2) is 40.8 Å². The van der Waals surface area contributed by atoms with Crippen molar-refractivity contribution in [3.05, 3.63) is 42.4 Å². The predicted molar refractivity (Wildman–Crippen MR) is 77.7 cm³/mol. The minimum atomic E-state index is -0.102. The van der Waals surface area contributed by atoms with Gasteiger partial charge < -0.3 is 10.2 Å². The van der Waals surface area contributed by atoms with Gasteiger partial charge in [0, 0.05) is 44.3 Å². The van der Waals surface area contributed by atoms with Gasteiger partial charge in [-0.05, 0) is 25.1 Å². The molecule has 1 atom stereocenters. The van der Waals surface area contributed by atoms with Crippen LogP contribution >= 0.6 is 0 Å². The zero-order valence-corrected chi connectivity index (χ0v) is 11.9. The van der Waals surface area contributed by atoms with E-state index in [9.17, 15) is 4.79 Å². The number of rotatable bonds is 5. The van der Waals surface area contributed by atoms with E-state index in [-0.39, 0.29) is 11.9 Å². The van der Waals surface area contributed by atoms with E-state index < -0.39 is 0 Å². The molecule has 0 aliphatic rings. The molecule has 1 amide bonds. The second-order valence-corrected chi connectivity index (χ2v) is 4.90. The summed E-state index contributed by atoms with van der Waals surface area (Å²) in [5.74, 6) is 0.660. The van der Waals surface area contributed by atoms with E-state index in [2.05, 4.69) is 15.4 Å². The van der Waals surface area contributed by atoms with Gasteiger partial charge in [0.15, 0.2) is 0 Å². The third-order valence-corrected chi connectivity index (χ3v) is 2.86. The average Bonchev–Trinajstić information content (AvgIpc) is 2.91. The van der Waals surface area contributed by atoms with E-state index in [1.807, 2.05) is 38.2 Å². The highest BCUT2D eigenvalue weighted by atomic mass is 16.1. The number of amides is 1. The lowest BCUT2D eigenvalue weighted by atomic mass is 10.2. The Morgan fingerprint density at radius 2 is 2.25 bits per heavy atom. The first-order valence-corrected chi connectivity index (χ1v) is 6.48. The lowest BCUT2D eigenvalue weighted by Gasteiger charge is -2.15. The number of carbonyl (C=O) groups is 1. The molecule has 2 aromatic heterocycles. The Bertz CT molecular complexity index is 565. The van der Waals surface area contributed by atoms with Crippen LogP contribution in [0.15, 0.2) is 36.8 Å². The largest absolute Gasteiger partial charge is 0.363 e. The fourth-order valence-corrected chi connectivity index (χ4v) is 1.85. The number of hydrogen-bond acceptors (Lipinski definition) is 4. The SMILES string of the molecule is C[C@H](Cn1cccn1)NC(=O)c1ccnc(N(C)C)c1. The molecule has 0 radical (unpaired) electrons. The number of pyridine rings is 1. The molecule has 2 rings (SSSR count). The standard InChI is InChI=1S/C14H19N5O/c1-11(10-19-8-4-6-16-19)17-14(20)12-5-7-15-13(9-12)18(2)3/h4-9,11H,10H2,1-3H3,(H,17,20)/t11-/m1/s1. The van der Waals surface area contributed by atoms with Gasteiger partial charge in [-0.1, -0.05) is 0 Å². The van der Waals surface area contributed by atoms with Crippen LogP contribution in [0.1, 0.15) is 17.3 Å². The van der Waals surface area contributed by atoms with Crippen molar-refractivity contribution in [3.8, 4) is 0 Å². The molecule has 0 saturated carbocycles. The van der Waals surface area contributed by atoms with Crippen molar-refractivity contribution in [2.24, 2.45) is 0 Å². The predicted octanol–water partition coefficient (Wildman–Crippen LogP) is 1.16. The van der Waals surface area contributed by atoms with Crippen LogP contribution in [0.3, 0.4) is 0 Å². The van der Waals surface area contributed by atoms with Gasteiger partial charge in [0.2, 0.25) is 0 Å². The van der Waals surface area contributed by atoms with Crippen LogP contribution in [0.5, 0.6) is 0 Å². The van der Waals surface area contributed by atoms with Crippen LogP contribution in [0.25, 0.3) is 0 Å². The summed E-state index contributed by atoms with van der Waals surface area (Å²) in [6, 6.07) is 5.35. The molecular formula is C14H19N5O. The van der Waals surface area contributed by atoms with E-state index in [4.69, 9.17) is 0 Å². The van der Waals surface area contributed by atoms with E-state index in [1.165, 1.54) is 0 Å². The molecule has 106 valence electrons. The minimum absolute atomic E-state index is 0.00151. The number of carbonyl (C=O) groups excluding carboxylic acids is 1. The summed E-state index contributed by atoms with van der Waals surface area (Å²) >= 11 is 0. The van der Waals surface area contributed by atoms with Crippen LogP contribution in [0, 0.1) is 0 Å². The molecule has 0 saturated heterocycles. The first kappa shape index (κ1) is 14.0. The molecule has 6 nitrogen and oxygen atoms in total. The van der Waals surface area contributed by atoms with Crippen molar-refractivity contribution in [1.82, 2.24) is 20.1 Å². The normalized spacial score (nSPS) is 11.9. The van der Waals surface area contributed by atoms with Crippen LogP contribution in [-0.2, 0) is 6.54 Å². The molecule has 2 heterocycles. The maximum Gasteiger partial charge on any atom is 0.251 e. The van der Waals surface area contributed by atoms with Crippen molar-refractivity contribution in [1.29, 1.82) is 0 Å². The van der Waals surface area contributed by atoms with E-state index >= 15 is 0 Å². The quantitative estimate of drug-likeness (QED) is 0.888. The molecule has 1 N–H and O–H groups in total. The van der Waals surface area contributed by atoms with E-state index in [0.29, 0.717) is 12.1 Å². The Morgan fingerprint density at radius 3 is 2.90 bits per heavy atom. The number of hydrogen-bond donors (Lipinski definition) is 1. The van der Waals surface area contributed by atoms with Crippen molar-refractivity contribution < 1.29 is 4.79 Å². The minimum Gasteiger partial charge on any atom is -0.363 e. The van der Waals surface area contributed by atoms with Gasteiger partial charge in [-0.3, -0.25) is 9.48 Å². The molecule has 0 bridgehead atoms. The van der Waals surface area contributed by atoms with Crippen LogP contribution in [0.4, 0.5) is 5.82 Å². The highest BCUT2D eigenvalue weighted by molar-refractivity contribution is 5.94. The second kappa shape index (κ2) is 6.18. The van der Waals surface area contributed by atoms with Gasteiger partial charge >= 0.3 is 0 Å². The van der Waals surface area contributed by atoms with Gasteiger partial charge in [0.25, 0.3) is 5.91 Å². The van der Waals surface area contributed by atoms with Gasteiger partial charge in [0.1, 0.15) is 5.82 Å². The smallest absolute Gasteiger partial charge is 0.251 e. The average molecular weight is 273 g/mol. The molecule has 0 aliphatic carbocycles. The zero-order valence-electron chi connectivity index (χ0n) is 11.9. The fraction of sp³-hybridized carbons (Fsp3) is 0.357. The molecule has 20 heavy (non-hydrogen) atoms. The summed E-state index contributed by atoms with van der Waals surface area (Å²) in [5, 5.41) is 7.08. The van der Waals surface area contributed by atoms with Crippen molar-refractivity contribution >= 4 is 11.7 Å². The lowest BCUT2D eigenvalue weighted by Crippen LogP contribution is -2.35. The summed E-state index contributed by atoms with van der Waals surface area (Å²) in [5.41, 5.74) is 0.607. The molecule has 0 spiro atoms. The topological polar surface area (TPSA) is 63.1 Å². The summed E-state index contributed by atoms with van der Waals surface area (Å²) < 4.78 is 1.79. The summed E-state index contributed by atoms with van der Waals surface area (Å²) in [7, 11) is 3.79. The molecular weight excluding hydrogens is 254 g/mol. The van der Waals surface area contributed by atoms with Gasteiger partial charge in [-0.15, -0.1) is 0 Å². The monoisotopic (exact) mass is 273 g/mol. The highest BCUT2D eigenvalue weighted by Gasteiger charge is 2.11. The van der Waals surface area contributed by atoms with Crippen LogP contribution < -0.4 is 10.2 Å². The third kappa shape index (κ3) is 3.57. The number of nitrogens with one attached hydrogen (secondary N) is 1. The second-order valence-electron chi connectivity index (χ2n) is 4.90. The molecule has 0 fully saturated rings. The lowest BCUT2D eigenvalue weighted by molar-refractivity contribution is 0.0936. The highest BCUT2D eigenvalue weighted by Crippen LogP contribution is 2.09. The number of anilines is 1. The number of nitrogens with zero attached hydrogens (tertiary/aromatic N) is 4. The summed E-state index contributed by atoms with van der Waals surface area (Å²) in [4.78, 5) is 18.2. The maximum atomic E-state index is 12.2. The molecule has 0 aliphatic heterocycles. The molecule has 0 aromatic carbocycles. The Kier molecular flexibility index (Phi) is 4.34. The maximum absolute atomic E-state index is 12.2. The van der Waals surface area contributed by atoms with E-state index in [1.54, 1.807) is 29.2 Å². The Labute approximate surface area is 118 Å². The van der Waals surface area contributed by atoms with Gasteiger partial charge in [-0.25, -0.2) is 4.98 Å². The number of aromatic nitrogens is 3. The fourth-order valence-electron chi connectivity index (χ4n) is 1.85. The molecule has 0 unspecified atom stereocenters. The zero-order chi connectivity index (χ0) is 14.5. The first-order valence-electron chi connectivity index (χ1n) is 6.48. The molecule has 6 heteroatoms. The third-order valence-electron chi connectivity index (χ3n) is 2.86. The summed E-state index contributed by atoms with van der Waals surface area (Å²) in [6.07, 6.45) is 5.24.